The Kier molecular flexibility index (Phi) is 5.26. The lowest BCUT2D eigenvalue weighted by atomic mass is 10.1. The van der Waals surface area contributed by atoms with Crippen LogP contribution in [0.4, 0.5) is 5.69 Å². The molecule has 1 aromatic heterocycles. The van der Waals surface area contributed by atoms with Gasteiger partial charge in [-0.05, 0) is 56.2 Å². The van der Waals surface area contributed by atoms with E-state index in [1.807, 2.05) is 44.2 Å². The zero-order valence-electron chi connectivity index (χ0n) is 17.1. The molecule has 4 heteroatoms. The van der Waals surface area contributed by atoms with Gasteiger partial charge in [0.25, 0.3) is 5.91 Å². The van der Waals surface area contributed by atoms with Crippen molar-refractivity contribution in [3.8, 4) is 5.75 Å². The molecule has 1 amide bonds. The third kappa shape index (κ3) is 3.58. The molecule has 3 aromatic carbocycles. The van der Waals surface area contributed by atoms with Gasteiger partial charge in [-0.25, -0.2) is 0 Å². The van der Waals surface area contributed by atoms with Gasteiger partial charge in [-0.15, -0.1) is 0 Å². The summed E-state index contributed by atoms with van der Waals surface area (Å²) in [4.78, 5) is 12.9. The number of ether oxygens (including phenoxy) is 1. The van der Waals surface area contributed by atoms with E-state index in [0.29, 0.717) is 6.42 Å². The van der Waals surface area contributed by atoms with E-state index in [1.165, 1.54) is 16.4 Å². The van der Waals surface area contributed by atoms with E-state index < -0.39 is 6.10 Å². The van der Waals surface area contributed by atoms with Crippen LogP contribution in [0.15, 0.2) is 66.7 Å². The molecule has 4 rings (SSSR count). The minimum Gasteiger partial charge on any atom is -0.480 e. The molecule has 1 atom stereocenters. The van der Waals surface area contributed by atoms with Crippen LogP contribution in [0.1, 0.15) is 25.8 Å². The number of anilines is 1. The fourth-order valence-electron chi connectivity index (χ4n) is 3.86. The lowest BCUT2D eigenvalue weighted by molar-refractivity contribution is -0.122. The molecule has 0 spiro atoms. The number of benzene rings is 3. The first-order valence-corrected chi connectivity index (χ1v) is 10.2. The van der Waals surface area contributed by atoms with Crippen molar-refractivity contribution in [1.82, 2.24) is 4.57 Å². The molecule has 0 radical (unpaired) electrons. The molecule has 0 unspecified atom stereocenters. The number of aryl methyl sites for hydroxylation is 2. The van der Waals surface area contributed by atoms with Crippen molar-refractivity contribution in [2.24, 2.45) is 0 Å². The second-order valence-corrected chi connectivity index (χ2v) is 7.26. The summed E-state index contributed by atoms with van der Waals surface area (Å²) in [7, 11) is 0. The summed E-state index contributed by atoms with van der Waals surface area (Å²) >= 11 is 0. The molecule has 0 bridgehead atoms. The molecule has 0 aliphatic rings. The minimum atomic E-state index is -0.538. The van der Waals surface area contributed by atoms with Crippen LogP contribution in [0.25, 0.3) is 21.8 Å². The molecule has 0 saturated heterocycles. The first kappa shape index (κ1) is 19.1. The Morgan fingerprint density at radius 2 is 1.69 bits per heavy atom. The van der Waals surface area contributed by atoms with Gasteiger partial charge in [-0.1, -0.05) is 43.3 Å². The molecule has 1 heterocycles. The molecular formula is C25H26N2O2. The predicted octanol–water partition coefficient (Wildman–Crippen LogP) is 5.92. The van der Waals surface area contributed by atoms with Gasteiger partial charge in [0.05, 0.1) is 0 Å². The van der Waals surface area contributed by atoms with Gasteiger partial charge < -0.3 is 14.6 Å². The van der Waals surface area contributed by atoms with E-state index in [0.717, 1.165) is 28.9 Å². The predicted molar refractivity (Wildman–Crippen MR) is 120 cm³/mol. The van der Waals surface area contributed by atoms with Crippen LogP contribution >= 0.6 is 0 Å². The number of nitrogens with one attached hydrogen (secondary N) is 1. The number of nitrogens with zero attached hydrogens (tertiary/aromatic N) is 1. The van der Waals surface area contributed by atoms with Crippen molar-refractivity contribution in [2.75, 3.05) is 5.32 Å². The monoisotopic (exact) mass is 386 g/mol. The van der Waals surface area contributed by atoms with Crippen molar-refractivity contribution in [2.45, 2.75) is 39.8 Å². The van der Waals surface area contributed by atoms with Crippen LogP contribution in [-0.4, -0.2) is 16.6 Å². The van der Waals surface area contributed by atoms with Gasteiger partial charge in [-0.3, -0.25) is 4.79 Å². The highest BCUT2D eigenvalue weighted by molar-refractivity contribution is 6.10. The SMILES string of the molecule is CC[C@@H](Oc1ccccc1C)C(=O)Nc1ccc2c(c1)c1ccccc1n2CC. The highest BCUT2D eigenvalue weighted by Gasteiger charge is 2.20. The topological polar surface area (TPSA) is 43.3 Å². The highest BCUT2D eigenvalue weighted by Crippen LogP contribution is 2.31. The Hall–Kier alpha value is -3.27. The summed E-state index contributed by atoms with van der Waals surface area (Å²) in [6.45, 7) is 6.99. The summed E-state index contributed by atoms with van der Waals surface area (Å²) in [6, 6.07) is 22.3. The van der Waals surface area contributed by atoms with E-state index >= 15 is 0 Å². The van der Waals surface area contributed by atoms with E-state index in [4.69, 9.17) is 4.74 Å². The maximum atomic E-state index is 12.9. The molecule has 4 aromatic rings. The fourth-order valence-corrected chi connectivity index (χ4v) is 3.86. The maximum Gasteiger partial charge on any atom is 0.265 e. The van der Waals surface area contributed by atoms with Gasteiger partial charge >= 0.3 is 0 Å². The quantitative estimate of drug-likeness (QED) is 0.447. The van der Waals surface area contributed by atoms with Crippen molar-refractivity contribution >= 4 is 33.4 Å². The first-order valence-electron chi connectivity index (χ1n) is 10.2. The molecular weight excluding hydrogens is 360 g/mol. The molecule has 4 nitrogen and oxygen atoms in total. The van der Waals surface area contributed by atoms with Crippen LogP contribution in [0.5, 0.6) is 5.75 Å². The van der Waals surface area contributed by atoms with Crippen LogP contribution in [0, 0.1) is 6.92 Å². The van der Waals surface area contributed by atoms with Crippen LogP contribution in [0.2, 0.25) is 0 Å². The van der Waals surface area contributed by atoms with E-state index in [2.05, 4.69) is 53.2 Å². The number of para-hydroxylation sites is 2. The molecule has 0 aliphatic heterocycles. The summed E-state index contributed by atoms with van der Waals surface area (Å²) < 4.78 is 8.29. The zero-order valence-corrected chi connectivity index (χ0v) is 17.1. The maximum absolute atomic E-state index is 12.9. The number of hydrogen-bond donors (Lipinski definition) is 1. The van der Waals surface area contributed by atoms with Gasteiger partial charge in [0.2, 0.25) is 0 Å². The first-order chi connectivity index (χ1) is 14.1. The summed E-state index contributed by atoms with van der Waals surface area (Å²) in [6.07, 6.45) is 0.0566. The van der Waals surface area contributed by atoms with Crippen molar-refractivity contribution in [3.63, 3.8) is 0 Å². The number of carbonyl (C=O) groups is 1. The van der Waals surface area contributed by atoms with E-state index in [1.54, 1.807) is 0 Å². The molecule has 29 heavy (non-hydrogen) atoms. The Morgan fingerprint density at radius 1 is 0.966 bits per heavy atom. The molecule has 0 saturated carbocycles. The minimum absolute atomic E-state index is 0.130. The van der Waals surface area contributed by atoms with Crippen LogP contribution in [0.3, 0.4) is 0 Å². The molecule has 0 fully saturated rings. The second kappa shape index (κ2) is 8.00. The Morgan fingerprint density at radius 3 is 2.45 bits per heavy atom. The summed E-state index contributed by atoms with van der Waals surface area (Å²) in [5, 5.41) is 5.39. The number of hydrogen-bond acceptors (Lipinski definition) is 2. The summed E-state index contributed by atoms with van der Waals surface area (Å²) in [5.41, 5.74) is 4.19. The standard InChI is InChI=1S/C25H26N2O2/c1-4-23(29-24-13-9-6-10-17(24)3)25(28)26-18-14-15-22-20(16-18)19-11-7-8-12-21(19)27(22)5-2/h6-16,23H,4-5H2,1-3H3,(H,26,28)/t23-/m1/s1. The number of fused-ring (bicyclic) bond motifs is 3. The van der Waals surface area contributed by atoms with Crippen molar-refractivity contribution in [1.29, 1.82) is 0 Å². The van der Waals surface area contributed by atoms with Crippen LogP contribution in [-0.2, 0) is 11.3 Å². The average Bonchev–Trinajstić information content (AvgIpc) is 3.06. The van der Waals surface area contributed by atoms with Gasteiger partial charge in [0.1, 0.15) is 5.75 Å². The third-order valence-corrected chi connectivity index (χ3v) is 5.38. The smallest absolute Gasteiger partial charge is 0.265 e. The molecule has 148 valence electrons. The molecule has 0 aliphatic carbocycles. The fraction of sp³-hybridized carbons (Fsp3) is 0.240. The second-order valence-electron chi connectivity index (χ2n) is 7.26. The number of amides is 1. The zero-order chi connectivity index (χ0) is 20.4. The number of aromatic nitrogens is 1. The van der Waals surface area contributed by atoms with Crippen molar-refractivity contribution < 1.29 is 9.53 Å². The summed E-state index contributed by atoms with van der Waals surface area (Å²) in [5.74, 6) is 0.616. The van der Waals surface area contributed by atoms with Gasteiger partial charge in [0, 0.05) is 34.0 Å². The Bertz CT molecular complexity index is 1180. The lowest BCUT2D eigenvalue weighted by Gasteiger charge is -2.18. The van der Waals surface area contributed by atoms with E-state index in [-0.39, 0.29) is 5.91 Å². The average molecular weight is 386 g/mol. The Labute approximate surface area is 171 Å². The van der Waals surface area contributed by atoms with Crippen LogP contribution < -0.4 is 10.1 Å². The Balaban J connectivity index is 1.62. The van der Waals surface area contributed by atoms with Gasteiger partial charge in [-0.2, -0.15) is 0 Å². The molecule has 1 N–H and O–H groups in total. The van der Waals surface area contributed by atoms with Gasteiger partial charge in [0.15, 0.2) is 6.10 Å². The number of carbonyl (C=O) groups excluding carboxylic acids is 1. The lowest BCUT2D eigenvalue weighted by Crippen LogP contribution is -2.32. The normalized spacial score (nSPS) is 12.2. The van der Waals surface area contributed by atoms with E-state index in [9.17, 15) is 4.79 Å². The highest BCUT2D eigenvalue weighted by atomic mass is 16.5. The van der Waals surface area contributed by atoms with Crippen molar-refractivity contribution in [3.05, 3.63) is 72.3 Å². The third-order valence-electron chi connectivity index (χ3n) is 5.38. The number of rotatable bonds is 6. The largest absolute Gasteiger partial charge is 0.480 e.